The Morgan fingerprint density at radius 2 is 1.11 bits per heavy atom. The number of hydrogen-bond donors (Lipinski definition) is 0. The summed E-state index contributed by atoms with van der Waals surface area (Å²) >= 11 is 3.71. The van der Waals surface area contributed by atoms with Gasteiger partial charge in [0, 0.05) is 59.2 Å². The molecule has 0 saturated carbocycles. The molecule has 10 aromatic rings. The van der Waals surface area contributed by atoms with Crippen LogP contribution in [0.25, 0.3) is 52.2 Å². The highest BCUT2D eigenvalue weighted by Crippen LogP contribution is 2.50. The van der Waals surface area contributed by atoms with Gasteiger partial charge in [0.1, 0.15) is 13.2 Å². The second kappa shape index (κ2) is 15.0. The maximum absolute atomic E-state index is 6.43. The summed E-state index contributed by atoms with van der Waals surface area (Å²) in [7, 11) is 0. The van der Waals surface area contributed by atoms with Crippen LogP contribution in [0, 0.1) is 6.92 Å². The van der Waals surface area contributed by atoms with E-state index in [-0.39, 0.29) is 12.1 Å². The van der Waals surface area contributed by atoms with E-state index in [1.165, 1.54) is 96.8 Å². The molecule has 0 N–H and O–H groups in total. The Balaban J connectivity index is 1.10. The molecule has 0 unspecified atom stereocenters. The molecule has 0 spiro atoms. The van der Waals surface area contributed by atoms with Crippen molar-refractivity contribution in [3.63, 3.8) is 0 Å². The molecular weight excluding hydrogens is 844 g/mol. The van der Waals surface area contributed by atoms with E-state index in [1.54, 1.807) is 0 Å². The number of fused-ring (bicyclic) bond motifs is 7. The zero-order valence-corrected chi connectivity index (χ0v) is 38.9. The first-order chi connectivity index (χ1) is 32.2. The van der Waals surface area contributed by atoms with Crippen molar-refractivity contribution in [1.29, 1.82) is 0 Å². The SMILES string of the molecule is Cc1cc2c3c(c1)N(c1ccc(C(C)(C)C)cc1-c1ccccc1)c1cc4c(cc1B3c1ccc(-c3cc5ccccc5s3)cc1N2c1cccc(-c2cc3ccccc3s2)c1)OCCO4. The van der Waals surface area contributed by atoms with Crippen molar-refractivity contribution in [3.05, 3.63) is 187 Å². The van der Waals surface area contributed by atoms with E-state index in [4.69, 9.17) is 9.47 Å². The lowest BCUT2D eigenvalue weighted by Gasteiger charge is -2.45. The first-order valence-electron chi connectivity index (χ1n) is 22.8. The molecule has 0 aliphatic carbocycles. The first kappa shape index (κ1) is 39.3. The quantitative estimate of drug-likeness (QED) is 0.161. The third-order valence-electron chi connectivity index (χ3n) is 13.6. The van der Waals surface area contributed by atoms with E-state index in [2.05, 4.69) is 213 Å². The fourth-order valence-corrected chi connectivity index (χ4v) is 12.6. The average Bonchev–Trinajstić information content (AvgIpc) is 3.99. The molecule has 66 heavy (non-hydrogen) atoms. The normalized spacial score (nSPS) is 13.8. The van der Waals surface area contributed by atoms with Gasteiger partial charge in [0.2, 0.25) is 0 Å². The van der Waals surface area contributed by atoms with Crippen molar-refractivity contribution < 1.29 is 9.47 Å². The van der Waals surface area contributed by atoms with E-state index in [1.807, 2.05) is 22.7 Å². The summed E-state index contributed by atoms with van der Waals surface area (Å²) in [5.74, 6) is 1.58. The molecule has 5 heterocycles. The smallest absolute Gasteiger partial charge is 0.252 e. The Labute approximate surface area is 394 Å². The molecule has 0 amide bonds. The average molecular weight is 889 g/mol. The predicted molar refractivity (Wildman–Crippen MR) is 282 cm³/mol. The number of ether oxygens (including phenoxy) is 2. The molecule has 0 saturated heterocycles. The number of rotatable bonds is 5. The van der Waals surface area contributed by atoms with Crippen LogP contribution in [0.5, 0.6) is 11.5 Å². The maximum Gasteiger partial charge on any atom is 0.252 e. The summed E-state index contributed by atoms with van der Waals surface area (Å²) in [4.78, 5) is 7.59. The van der Waals surface area contributed by atoms with Gasteiger partial charge in [-0.05, 0) is 140 Å². The molecule has 7 heteroatoms. The lowest BCUT2D eigenvalue weighted by molar-refractivity contribution is 0.172. The number of benzene rings is 8. The van der Waals surface area contributed by atoms with Gasteiger partial charge in [-0.1, -0.05) is 118 Å². The van der Waals surface area contributed by atoms with E-state index >= 15 is 0 Å². The van der Waals surface area contributed by atoms with Crippen LogP contribution in [-0.4, -0.2) is 19.9 Å². The molecule has 3 aliphatic rings. The standard InChI is InChI=1S/C59H45BN2O2S2/c1-36-27-50-58-51(28-36)62(47-24-22-42(59(2,3)4)33-44(47)37-13-6-5-7-14-37)49-35-53-52(63-25-26-64-53)34-46(49)60(58)45-23-21-41(57-32-40-16-9-11-20-55(40)66-57)30-48(45)61(50)43-18-12-17-38(29-43)56-31-39-15-8-10-19-54(39)65-56/h5-24,27-35H,25-26H2,1-4H3. The summed E-state index contributed by atoms with van der Waals surface area (Å²) in [6.45, 7) is 10.1. The molecular formula is C59H45BN2O2S2. The van der Waals surface area contributed by atoms with Crippen LogP contribution in [0.2, 0.25) is 0 Å². The van der Waals surface area contributed by atoms with Crippen LogP contribution in [0.15, 0.2) is 176 Å². The fraction of sp³-hybridized carbons (Fsp3) is 0.119. The molecule has 13 rings (SSSR count). The van der Waals surface area contributed by atoms with Crippen LogP contribution >= 0.6 is 22.7 Å². The van der Waals surface area contributed by atoms with Crippen molar-refractivity contribution in [2.24, 2.45) is 0 Å². The fourth-order valence-electron chi connectivity index (χ4n) is 10.4. The topological polar surface area (TPSA) is 24.9 Å². The third kappa shape index (κ3) is 6.32. The Hall–Kier alpha value is -7.06. The molecule has 0 fully saturated rings. The minimum Gasteiger partial charge on any atom is -0.486 e. The van der Waals surface area contributed by atoms with E-state index in [0.717, 1.165) is 28.6 Å². The van der Waals surface area contributed by atoms with E-state index < -0.39 is 0 Å². The Morgan fingerprint density at radius 3 is 1.80 bits per heavy atom. The van der Waals surface area contributed by atoms with Crippen molar-refractivity contribution in [2.75, 3.05) is 23.0 Å². The largest absolute Gasteiger partial charge is 0.486 e. The monoisotopic (exact) mass is 888 g/mol. The summed E-state index contributed by atoms with van der Waals surface area (Å²) in [5, 5.41) is 2.54. The predicted octanol–water partition coefficient (Wildman–Crippen LogP) is 14.6. The summed E-state index contributed by atoms with van der Waals surface area (Å²) < 4.78 is 15.4. The summed E-state index contributed by atoms with van der Waals surface area (Å²) in [6, 6.07) is 65.8. The van der Waals surface area contributed by atoms with Gasteiger partial charge in [0.15, 0.2) is 11.5 Å². The van der Waals surface area contributed by atoms with Gasteiger partial charge < -0.3 is 19.3 Å². The highest BCUT2D eigenvalue weighted by molar-refractivity contribution is 7.22. The summed E-state index contributed by atoms with van der Waals surface area (Å²) in [5.41, 5.74) is 17.9. The number of aryl methyl sites for hydroxylation is 1. The lowest BCUT2D eigenvalue weighted by atomic mass is 9.33. The van der Waals surface area contributed by atoms with Crippen LogP contribution in [0.1, 0.15) is 31.9 Å². The Bertz CT molecular complexity index is 3520. The Kier molecular flexibility index (Phi) is 8.93. The third-order valence-corrected chi connectivity index (χ3v) is 15.9. The highest BCUT2D eigenvalue weighted by atomic mass is 32.1. The van der Waals surface area contributed by atoms with Gasteiger partial charge in [-0.3, -0.25) is 0 Å². The van der Waals surface area contributed by atoms with Gasteiger partial charge in [0.25, 0.3) is 6.71 Å². The first-order valence-corrected chi connectivity index (χ1v) is 24.5. The van der Waals surface area contributed by atoms with Crippen LogP contribution in [0.4, 0.5) is 34.1 Å². The Morgan fingerprint density at radius 1 is 0.485 bits per heavy atom. The van der Waals surface area contributed by atoms with Gasteiger partial charge in [-0.25, -0.2) is 0 Å². The molecule has 8 aromatic carbocycles. The van der Waals surface area contributed by atoms with Crippen molar-refractivity contribution >= 4 is 100 Å². The molecule has 4 nitrogen and oxygen atoms in total. The van der Waals surface area contributed by atoms with Gasteiger partial charge in [-0.15, -0.1) is 22.7 Å². The molecule has 318 valence electrons. The molecule has 2 aromatic heterocycles. The molecule has 0 atom stereocenters. The van der Waals surface area contributed by atoms with Crippen molar-refractivity contribution in [3.8, 4) is 43.5 Å². The second-order valence-electron chi connectivity index (χ2n) is 18.8. The minimum atomic E-state index is -0.0832. The zero-order valence-electron chi connectivity index (χ0n) is 37.3. The van der Waals surface area contributed by atoms with Crippen LogP contribution < -0.4 is 35.7 Å². The zero-order chi connectivity index (χ0) is 44.3. The lowest BCUT2D eigenvalue weighted by Crippen LogP contribution is -2.61. The summed E-state index contributed by atoms with van der Waals surface area (Å²) in [6.07, 6.45) is 0. The van der Waals surface area contributed by atoms with Crippen LogP contribution in [0.3, 0.4) is 0 Å². The highest BCUT2D eigenvalue weighted by Gasteiger charge is 2.45. The number of hydrogen-bond acceptors (Lipinski definition) is 6. The maximum atomic E-state index is 6.43. The van der Waals surface area contributed by atoms with E-state index in [9.17, 15) is 0 Å². The number of thiophene rings is 2. The van der Waals surface area contributed by atoms with Crippen LogP contribution in [-0.2, 0) is 5.41 Å². The second-order valence-corrected chi connectivity index (χ2v) is 21.0. The molecule has 3 aliphatic heterocycles. The van der Waals surface area contributed by atoms with Gasteiger partial charge >= 0.3 is 0 Å². The van der Waals surface area contributed by atoms with Crippen molar-refractivity contribution in [2.45, 2.75) is 33.1 Å². The number of nitrogens with zero attached hydrogens (tertiary/aromatic N) is 2. The van der Waals surface area contributed by atoms with Gasteiger partial charge in [0.05, 0.1) is 5.69 Å². The minimum absolute atomic E-state index is 0.0387. The molecule has 0 radical (unpaired) electrons. The number of anilines is 6. The van der Waals surface area contributed by atoms with E-state index in [0.29, 0.717) is 13.2 Å². The molecule has 0 bridgehead atoms. The van der Waals surface area contributed by atoms with Gasteiger partial charge in [-0.2, -0.15) is 0 Å². The van der Waals surface area contributed by atoms with Crippen molar-refractivity contribution in [1.82, 2.24) is 0 Å².